The van der Waals surface area contributed by atoms with Crippen LogP contribution in [0.1, 0.15) is 11.7 Å². The van der Waals surface area contributed by atoms with Crippen molar-refractivity contribution in [3.63, 3.8) is 0 Å². The first-order chi connectivity index (χ1) is 8.15. The molecule has 90 valence electrons. The van der Waals surface area contributed by atoms with Crippen molar-refractivity contribution in [2.45, 2.75) is 13.3 Å². The summed E-state index contributed by atoms with van der Waals surface area (Å²) in [4.78, 5) is 11.8. The lowest BCUT2D eigenvalue weighted by atomic mass is 10.4. The number of aryl methyl sites for hydroxylation is 1. The monoisotopic (exact) mass is 254 g/mol. The van der Waals surface area contributed by atoms with Crippen LogP contribution in [0.4, 0.5) is 11.5 Å². The normalized spacial score (nSPS) is 10.5. The molecule has 0 atom stereocenters. The molecule has 2 rings (SSSR count). The first kappa shape index (κ1) is 11.6. The molecule has 0 aromatic carbocycles. The Labute approximate surface area is 102 Å². The van der Waals surface area contributed by atoms with Gasteiger partial charge in [0.2, 0.25) is 11.2 Å². The highest BCUT2D eigenvalue weighted by atomic mass is 35.5. The summed E-state index contributed by atoms with van der Waals surface area (Å²) in [7, 11) is 0. The lowest BCUT2D eigenvalue weighted by Crippen LogP contribution is -2.09. The van der Waals surface area contributed by atoms with Crippen LogP contribution in [0, 0.1) is 6.92 Å². The minimum absolute atomic E-state index is 0.150. The summed E-state index contributed by atoms with van der Waals surface area (Å²) in [5.41, 5.74) is 6.12. The molecule has 0 saturated heterocycles. The highest BCUT2D eigenvalue weighted by molar-refractivity contribution is 6.28. The van der Waals surface area contributed by atoms with E-state index in [1.165, 1.54) is 6.20 Å². The predicted molar refractivity (Wildman–Crippen MR) is 62.7 cm³/mol. The number of hydrogen-bond donors (Lipinski definition) is 2. The van der Waals surface area contributed by atoms with E-state index in [1.54, 1.807) is 6.92 Å². The average molecular weight is 255 g/mol. The molecule has 0 spiro atoms. The number of hydrogen-bond acceptors (Lipinski definition) is 7. The molecule has 7 nitrogen and oxygen atoms in total. The lowest BCUT2D eigenvalue weighted by Gasteiger charge is -2.06. The van der Waals surface area contributed by atoms with Crippen LogP contribution in [0.25, 0.3) is 0 Å². The molecule has 8 heteroatoms. The minimum atomic E-state index is 0.150. The maximum Gasteiger partial charge on any atom is 0.224 e. The Morgan fingerprint density at radius 1 is 1.47 bits per heavy atom. The van der Waals surface area contributed by atoms with Crippen LogP contribution < -0.4 is 11.1 Å². The lowest BCUT2D eigenvalue weighted by molar-refractivity contribution is 0.387. The molecule has 0 aliphatic carbocycles. The molecule has 0 unspecified atom stereocenters. The van der Waals surface area contributed by atoms with Gasteiger partial charge in [0.1, 0.15) is 0 Å². The standard InChI is InChI=1S/C9H11ClN6O/c1-5-14-7(16-17-5)2-3-12-8-6(11)4-13-9(10)15-8/h4H,2-3,11H2,1H3,(H,12,13,15). The first-order valence-electron chi connectivity index (χ1n) is 4.96. The third-order valence-corrected chi connectivity index (χ3v) is 2.18. The maximum atomic E-state index is 5.68. The van der Waals surface area contributed by atoms with Gasteiger partial charge in [-0.15, -0.1) is 0 Å². The average Bonchev–Trinajstić information content (AvgIpc) is 2.69. The number of nitrogens with one attached hydrogen (secondary N) is 1. The van der Waals surface area contributed by atoms with Gasteiger partial charge in [-0.2, -0.15) is 9.97 Å². The van der Waals surface area contributed by atoms with E-state index in [0.29, 0.717) is 36.2 Å². The fraction of sp³-hybridized carbons (Fsp3) is 0.333. The van der Waals surface area contributed by atoms with Gasteiger partial charge in [0, 0.05) is 19.9 Å². The second-order valence-electron chi connectivity index (χ2n) is 3.35. The van der Waals surface area contributed by atoms with Crippen molar-refractivity contribution in [3.05, 3.63) is 23.2 Å². The van der Waals surface area contributed by atoms with Gasteiger partial charge < -0.3 is 15.6 Å². The predicted octanol–water partition coefficient (Wildman–Crippen LogP) is 1.06. The molecule has 0 bridgehead atoms. The van der Waals surface area contributed by atoms with Gasteiger partial charge in [0.05, 0.1) is 11.9 Å². The molecular formula is C9H11ClN6O. The highest BCUT2D eigenvalue weighted by Gasteiger charge is 2.05. The van der Waals surface area contributed by atoms with Crippen LogP contribution in [-0.2, 0) is 6.42 Å². The van der Waals surface area contributed by atoms with Crippen LogP contribution in [0.15, 0.2) is 10.7 Å². The fourth-order valence-corrected chi connectivity index (χ4v) is 1.38. The molecule has 3 N–H and O–H groups in total. The van der Waals surface area contributed by atoms with Crippen LogP contribution in [-0.4, -0.2) is 26.7 Å². The summed E-state index contributed by atoms with van der Waals surface area (Å²) in [6.45, 7) is 2.32. The van der Waals surface area contributed by atoms with Crippen molar-refractivity contribution >= 4 is 23.1 Å². The second-order valence-corrected chi connectivity index (χ2v) is 3.69. The summed E-state index contributed by atoms with van der Waals surface area (Å²) in [5, 5.41) is 6.95. The molecule has 2 heterocycles. The molecule has 2 aromatic heterocycles. The van der Waals surface area contributed by atoms with Crippen molar-refractivity contribution < 1.29 is 4.52 Å². The number of nitrogens with zero attached hydrogens (tertiary/aromatic N) is 4. The van der Waals surface area contributed by atoms with Crippen LogP contribution in [0.5, 0.6) is 0 Å². The minimum Gasteiger partial charge on any atom is -0.394 e. The molecule has 0 radical (unpaired) electrons. The number of aromatic nitrogens is 4. The summed E-state index contributed by atoms with van der Waals surface area (Å²) < 4.78 is 4.85. The smallest absolute Gasteiger partial charge is 0.224 e. The number of nitrogens with two attached hydrogens (primary N) is 1. The Balaban J connectivity index is 1.91. The van der Waals surface area contributed by atoms with Gasteiger partial charge in [-0.3, -0.25) is 0 Å². The van der Waals surface area contributed by atoms with Crippen molar-refractivity contribution in [1.82, 2.24) is 20.1 Å². The van der Waals surface area contributed by atoms with Crippen molar-refractivity contribution in [2.24, 2.45) is 0 Å². The maximum absolute atomic E-state index is 5.68. The Bertz CT molecular complexity index is 514. The summed E-state index contributed by atoms with van der Waals surface area (Å²) in [6, 6.07) is 0. The Morgan fingerprint density at radius 3 is 3.00 bits per heavy atom. The van der Waals surface area contributed by atoms with Crippen LogP contribution >= 0.6 is 11.6 Å². The largest absolute Gasteiger partial charge is 0.394 e. The molecule has 0 saturated carbocycles. The quantitative estimate of drug-likeness (QED) is 0.786. The second kappa shape index (κ2) is 4.96. The zero-order valence-corrected chi connectivity index (χ0v) is 9.90. The van der Waals surface area contributed by atoms with E-state index in [0.717, 1.165) is 0 Å². The zero-order valence-electron chi connectivity index (χ0n) is 9.14. The molecule has 0 aliphatic heterocycles. The van der Waals surface area contributed by atoms with E-state index in [1.807, 2.05) is 0 Å². The number of rotatable bonds is 4. The Hall–Kier alpha value is -1.89. The molecule has 2 aromatic rings. The number of anilines is 2. The molecule has 0 amide bonds. The molecule has 0 fully saturated rings. The first-order valence-corrected chi connectivity index (χ1v) is 5.34. The van der Waals surface area contributed by atoms with Crippen LogP contribution in [0.2, 0.25) is 5.28 Å². The summed E-state index contributed by atoms with van der Waals surface area (Å²) >= 11 is 5.66. The number of halogens is 1. The highest BCUT2D eigenvalue weighted by Crippen LogP contribution is 2.15. The summed E-state index contributed by atoms with van der Waals surface area (Å²) in [6.07, 6.45) is 2.06. The van der Waals surface area contributed by atoms with E-state index >= 15 is 0 Å². The zero-order chi connectivity index (χ0) is 12.3. The van der Waals surface area contributed by atoms with Gasteiger partial charge in [0.15, 0.2) is 11.6 Å². The topological polar surface area (TPSA) is 103 Å². The van der Waals surface area contributed by atoms with E-state index in [-0.39, 0.29) is 5.28 Å². The van der Waals surface area contributed by atoms with Crippen LogP contribution in [0.3, 0.4) is 0 Å². The molecule has 17 heavy (non-hydrogen) atoms. The van der Waals surface area contributed by atoms with E-state index < -0.39 is 0 Å². The van der Waals surface area contributed by atoms with E-state index in [4.69, 9.17) is 21.9 Å². The number of nitrogen functional groups attached to an aromatic ring is 1. The fourth-order valence-electron chi connectivity index (χ4n) is 1.25. The Morgan fingerprint density at radius 2 is 2.29 bits per heavy atom. The molecular weight excluding hydrogens is 244 g/mol. The van der Waals surface area contributed by atoms with Crippen molar-refractivity contribution in [3.8, 4) is 0 Å². The molecule has 0 aliphatic rings. The van der Waals surface area contributed by atoms with Gasteiger partial charge in [0.25, 0.3) is 0 Å². The summed E-state index contributed by atoms with van der Waals surface area (Å²) in [5.74, 6) is 1.68. The van der Waals surface area contributed by atoms with E-state index in [2.05, 4.69) is 25.4 Å². The van der Waals surface area contributed by atoms with Gasteiger partial charge in [-0.1, -0.05) is 5.16 Å². The van der Waals surface area contributed by atoms with Gasteiger partial charge in [-0.25, -0.2) is 4.98 Å². The third-order valence-electron chi connectivity index (χ3n) is 2.00. The van der Waals surface area contributed by atoms with E-state index in [9.17, 15) is 0 Å². The van der Waals surface area contributed by atoms with Gasteiger partial charge >= 0.3 is 0 Å². The third kappa shape index (κ3) is 3.04. The Kier molecular flexibility index (Phi) is 3.38. The van der Waals surface area contributed by atoms with Gasteiger partial charge in [-0.05, 0) is 11.6 Å². The van der Waals surface area contributed by atoms with Crippen molar-refractivity contribution in [2.75, 3.05) is 17.6 Å². The SMILES string of the molecule is Cc1nc(CCNc2nc(Cl)ncc2N)no1. The van der Waals surface area contributed by atoms with Crippen molar-refractivity contribution in [1.29, 1.82) is 0 Å².